The Morgan fingerprint density at radius 2 is 1.55 bits per heavy atom. The predicted molar refractivity (Wildman–Crippen MR) is 84.1 cm³/mol. The molecule has 0 spiro atoms. The zero-order chi connectivity index (χ0) is 17.0. The fraction of sp³-hybridized carbons (Fsp3) is 0.800. The summed E-state index contributed by atoms with van der Waals surface area (Å²) < 4.78 is 0. The smallest absolute Gasteiger partial charge is 0.311 e. The Balaban J connectivity index is 4.46. The number of nitrogens with zero attached hydrogens (tertiary/aromatic N) is 2. The molecule has 0 radical (unpaired) electrons. The molecule has 0 saturated carbocycles. The number of carbonyl (C=O) groups excluding carboxylic acids is 3. The van der Waals surface area contributed by atoms with E-state index in [0.717, 1.165) is 12.8 Å². The summed E-state index contributed by atoms with van der Waals surface area (Å²) in [5, 5.41) is 11.2. The second-order valence-electron chi connectivity index (χ2n) is 4.97. The fourth-order valence-corrected chi connectivity index (χ4v) is 1.99. The van der Waals surface area contributed by atoms with Gasteiger partial charge in [-0.2, -0.15) is 0 Å². The minimum absolute atomic E-state index is 0.0298. The first-order valence-corrected chi connectivity index (χ1v) is 7.97. The van der Waals surface area contributed by atoms with Crippen LogP contribution in [-0.2, 0) is 14.4 Å². The molecule has 2 N–H and O–H groups in total. The third-order valence-corrected chi connectivity index (χ3v) is 3.37. The molecular formula is C15H29N3O4. The molecule has 0 aliphatic carbocycles. The maximum Gasteiger partial charge on any atom is 0.311 e. The van der Waals surface area contributed by atoms with E-state index >= 15 is 0 Å². The molecule has 0 aromatic rings. The first-order valence-electron chi connectivity index (χ1n) is 7.97. The summed E-state index contributed by atoms with van der Waals surface area (Å²) in [6.45, 7) is 7.46. The average molecular weight is 315 g/mol. The minimum atomic E-state index is -0.769. The summed E-state index contributed by atoms with van der Waals surface area (Å²) in [5.74, 6) is -1.62. The molecule has 0 aliphatic rings. The van der Waals surface area contributed by atoms with Crippen molar-refractivity contribution in [2.45, 2.75) is 40.0 Å². The van der Waals surface area contributed by atoms with Crippen LogP contribution in [0.2, 0.25) is 0 Å². The highest BCUT2D eigenvalue weighted by atomic mass is 16.3. The fourth-order valence-electron chi connectivity index (χ4n) is 1.99. The molecule has 0 aliphatic heterocycles. The van der Waals surface area contributed by atoms with Gasteiger partial charge in [-0.1, -0.05) is 13.3 Å². The Morgan fingerprint density at radius 3 is 2.05 bits per heavy atom. The lowest BCUT2D eigenvalue weighted by Gasteiger charge is -2.22. The third-order valence-electron chi connectivity index (χ3n) is 3.37. The van der Waals surface area contributed by atoms with E-state index in [2.05, 4.69) is 5.32 Å². The van der Waals surface area contributed by atoms with Gasteiger partial charge in [-0.15, -0.1) is 0 Å². The second kappa shape index (κ2) is 12.0. The summed E-state index contributed by atoms with van der Waals surface area (Å²) in [4.78, 5) is 38.8. The number of nitrogens with one attached hydrogen (secondary N) is 1. The van der Waals surface area contributed by atoms with Crippen molar-refractivity contribution in [1.82, 2.24) is 15.1 Å². The average Bonchev–Trinajstić information content (AvgIpc) is 2.53. The van der Waals surface area contributed by atoms with E-state index in [9.17, 15) is 14.4 Å². The van der Waals surface area contributed by atoms with Crippen molar-refractivity contribution in [2.24, 2.45) is 0 Å². The first-order chi connectivity index (χ1) is 10.5. The Kier molecular flexibility index (Phi) is 11.1. The zero-order valence-electron chi connectivity index (χ0n) is 13.9. The number of hydrogen-bond donors (Lipinski definition) is 2. The number of aliphatic hydroxyl groups is 1. The molecule has 0 atom stereocenters. The largest absolute Gasteiger partial charge is 0.396 e. The van der Waals surface area contributed by atoms with Crippen LogP contribution >= 0.6 is 0 Å². The maximum absolute atomic E-state index is 12.1. The van der Waals surface area contributed by atoms with Crippen molar-refractivity contribution in [2.75, 3.05) is 39.3 Å². The van der Waals surface area contributed by atoms with Gasteiger partial charge in [0.25, 0.3) is 0 Å². The van der Waals surface area contributed by atoms with Gasteiger partial charge in [0.05, 0.1) is 6.54 Å². The second-order valence-corrected chi connectivity index (χ2v) is 4.97. The first kappa shape index (κ1) is 20.4. The molecule has 0 aromatic carbocycles. The normalized spacial score (nSPS) is 10.2. The Bertz CT molecular complexity index is 349. The van der Waals surface area contributed by atoms with Crippen LogP contribution in [0.15, 0.2) is 0 Å². The molecule has 0 unspecified atom stereocenters. The van der Waals surface area contributed by atoms with Crippen molar-refractivity contribution in [3.63, 3.8) is 0 Å². The molecule has 128 valence electrons. The zero-order valence-corrected chi connectivity index (χ0v) is 13.9. The molecule has 0 bridgehead atoms. The van der Waals surface area contributed by atoms with Crippen molar-refractivity contribution in [1.29, 1.82) is 0 Å². The highest BCUT2D eigenvalue weighted by Crippen LogP contribution is 1.98. The van der Waals surface area contributed by atoms with Crippen LogP contribution in [-0.4, -0.2) is 72.0 Å². The van der Waals surface area contributed by atoms with Gasteiger partial charge in [-0.3, -0.25) is 14.4 Å². The molecule has 0 heterocycles. The van der Waals surface area contributed by atoms with Gasteiger partial charge in [0, 0.05) is 32.8 Å². The molecule has 7 heteroatoms. The molecule has 22 heavy (non-hydrogen) atoms. The van der Waals surface area contributed by atoms with Gasteiger partial charge >= 0.3 is 11.8 Å². The van der Waals surface area contributed by atoms with E-state index in [-0.39, 0.29) is 19.1 Å². The highest BCUT2D eigenvalue weighted by molar-refractivity contribution is 6.35. The van der Waals surface area contributed by atoms with Gasteiger partial charge in [0.2, 0.25) is 5.91 Å². The number of likely N-dealkylation sites (N-methyl/N-ethyl adjacent to an activating group) is 1. The van der Waals surface area contributed by atoms with Gasteiger partial charge in [-0.25, -0.2) is 0 Å². The van der Waals surface area contributed by atoms with Crippen LogP contribution in [0.25, 0.3) is 0 Å². The Labute approximate surface area is 132 Å². The van der Waals surface area contributed by atoms with Crippen LogP contribution in [0.3, 0.4) is 0 Å². The number of hydrogen-bond acceptors (Lipinski definition) is 4. The third kappa shape index (κ3) is 7.40. The highest BCUT2D eigenvalue weighted by Gasteiger charge is 2.22. The molecule has 0 aromatic heterocycles. The molecule has 7 nitrogen and oxygen atoms in total. The van der Waals surface area contributed by atoms with Crippen LogP contribution in [0.5, 0.6) is 0 Å². The Hall–Kier alpha value is -1.63. The molecular weight excluding hydrogens is 286 g/mol. The van der Waals surface area contributed by atoms with E-state index in [1.807, 2.05) is 20.8 Å². The van der Waals surface area contributed by atoms with Crippen LogP contribution < -0.4 is 5.32 Å². The number of unbranched alkanes of at least 4 members (excludes halogenated alkanes) is 1. The summed E-state index contributed by atoms with van der Waals surface area (Å²) in [6.07, 6.45) is 2.13. The van der Waals surface area contributed by atoms with E-state index in [4.69, 9.17) is 5.11 Å². The van der Waals surface area contributed by atoms with Crippen molar-refractivity contribution < 1.29 is 19.5 Å². The van der Waals surface area contributed by atoms with E-state index in [1.165, 1.54) is 4.90 Å². The van der Waals surface area contributed by atoms with Gasteiger partial charge < -0.3 is 20.2 Å². The van der Waals surface area contributed by atoms with Crippen LogP contribution in [0.4, 0.5) is 0 Å². The quantitative estimate of drug-likeness (QED) is 0.555. The van der Waals surface area contributed by atoms with Crippen LogP contribution in [0.1, 0.15) is 40.0 Å². The number of aliphatic hydroxyl groups excluding tert-OH is 1. The lowest BCUT2D eigenvalue weighted by molar-refractivity contribution is -0.146. The number of carbonyl (C=O) groups is 3. The van der Waals surface area contributed by atoms with E-state index in [0.29, 0.717) is 32.6 Å². The van der Waals surface area contributed by atoms with E-state index in [1.54, 1.807) is 4.90 Å². The van der Waals surface area contributed by atoms with Crippen molar-refractivity contribution in [3.05, 3.63) is 0 Å². The summed E-state index contributed by atoms with van der Waals surface area (Å²) in [5.41, 5.74) is 0. The predicted octanol–water partition coefficient (Wildman–Crippen LogP) is -0.0179. The SMILES string of the molecule is CCCCN(CCCO)C(=O)C(=O)NCC(=O)N(CC)CC. The topological polar surface area (TPSA) is 90.0 Å². The standard InChI is InChI=1S/C15H29N3O4/c1-4-7-9-18(10-8-11-19)15(22)14(21)16-12-13(20)17(5-2)6-3/h19H,4-12H2,1-3H3,(H,16,21). The molecule has 0 rings (SSSR count). The minimum Gasteiger partial charge on any atom is -0.396 e. The van der Waals surface area contributed by atoms with Crippen molar-refractivity contribution in [3.8, 4) is 0 Å². The monoisotopic (exact) mass is 315 g/mol. The number of rotatable bonds is 10. The summed E-state index contributed by atoms with van der Waals surface area (Å²) in [7, 11) is 0. The Morgan fingerprint density at radius 1 is 0.955 bits per heavy atom. The van der Waals surface area contributed by atoms with Crippen molar-refractivity contribution >= 4 is 17.7 Å². The van der Waals surface area contributed by atoms with E-state index < -0.39 is 11.8 Å². The lowest BCUT2D eigenvalue weighted by Crippen LogP contribution is -2.47. The maximum atomic E-state index is 12.1. The molecule has 3 amide bonds. The summed E-state index contributed by atoms with van der Waals surface area (Å²) in [6, 6.07) is 0. The molecule has 0 fully saturated rings. The van der Waals surface area contributed by atoms with Gasteiger partial charge in [0.15, 0.2) is 0 Å². The summed E-state index contributed by atoms with van der Waals surface area (Å²) >= 11 is 0. The van der Waals surface area contributed by atoms with Gasteiger partial charge in [0.1, 0.15) is 0 Å². The van der Waals surface area contributed by atoms with Crippen LogP contribution in [0, 0.1) is 0 Å². The lowest BCUT2D eigenvalue weighted by atomic mass is 10.3. The van der Waals surface area contributed by atoms with Gasteiger partial charge in [-0.05, 0) is 26.7 Å². The number of amides is 3. The molecule has 0 saturated heterocycles.